The molecule has 21 heavy (non-hydrogen) atoms. The zero-order valence-corrected chi connectivity index (χ0v) is 12.0. The van der Waals surface area contributed by atoms with Crippen molar-refractivity contribution >= 4 is 5.97 Å². The average molecular weight is 303 g/mol. The van der Waals surface area contributed by atoms with Gasteiger partial charge in [-0.3, -0.25) is 4.79 Å². The van der Waals surface area contributed by atoms with Gasteiger partial charge in [-0.05, 0) is 36.0 Å². The Balaban J connectivity index is 2.85. The molecule has 0 heterocycles. The second-order valence-electron chi connectivity index (χ2n) is 5.26. The van der Waals surface area contributed by atoms with Crippen molar-refractivity contribution in [3.8, 4) is 0 Å². The molecule has 3 N–H and O–H groups in total. The molecule has 0 fully saturated rings. The highest BCUT2D eigenvalue weighted by atomic mass is 19.4. The van der Waals surface area contributed by atoms with Crippen LogP contribution in [0.4, 0.5) is 13.2 Å². The fourth-order valence-electron chi connectivity index (χ4n) is 2.40. The number of carboxylic acids is 1. The molecule has 1 rings (SSSR count). The summed E-state index contributed by atoms with van der Waals surface area (Å²) in [5.41, 5.74) is 5.61. The van der Waals surface area contributed by atoms with Gasteiger partial charge >= 0.3 is 12.1 Å². The number of alkyl halides is 3. The van der Waals surface area contributed by atoms with Crippen molar-refractivity contribution in [1.82, 2.24) is 0 Å². The molecule has 0 amide bonds. The van der Waals surface area contributed by atoms with E-state index in [0.29, 0.717) is 12.8 Å². The van der Waals surface area contributed by atoms with Crippen LogP contribution < -0.4 is 5.73 Å². The molecule has 0 spiro atoms. The van der Waals surface area contributed by atoms with E-state index in [1.165, 1.54) is 12.1 Å². The predicted molar refractivity (Wildman–Crippen MR) is 73.9 cm³/mol. The van der Waals surface area contributed by atoms with Gasteiger partial charge in [0.2, 0.25) is 0 Å². The molecule has 3 atom stereocenters. The van der Waals surface area contributed by atoms with E-state index in [9.17, 15) is 18.0 Å². The fraction of sp³-hybridized carbons (Fsp3) is 0.533. The van der Waals surface area contributed by atoms with Gasteiger partial charge in [-0.15, -0.1) is 0 Å². The molecule has 0 aliphatic carbocycles. The number of aliphatic carboxylic acids is 1. The van der Waals surface area contributed by atoms with Crippen molar-refractivity contribution in [2.24, 2.45) is 11.7 Å². The quantitative estimate of drug-likeness (QED) is 0.843. The third-order valence-electron chi connectivity index (χ3n) is 3.87. The van der Waals surface area contributed by atoms with Gasteiger partial charge in [-0.2, -0.15) is 13.2 Å². The van der Waals surface area contributed by atoms with Crippen LogP contribution in [-0.4, -0.2) is 17.1 Å². The number of halogens is 3. The third-order valence-corrected chi connectivity index (χ3v) is 3.87. The average Bonchev–Trinajstić information content (AvgIpc) is 2.42. The van der Waals surface area contributed by atoms with E-state index < -0.39 is 23.8 Å². The minimum Gasteiger partial charge on any atom is -0.480 e. The van der Waals surface area contributed by atoms with Gasteiger partial charge in [0.05, 0.1) is 5.56 Å². The van der Waals surface area contributed by atoms with Crippen LogP contribution >= 0.6 is 0 Å². The lowest BCUT2D eigenvalue weighted by atomic mass is 9.81. The normalized spacial score (nSPS) is 16.3. The number of benzene rings is 1. The lowest BCUT2D eigenvalue weighted by molar-refractivity contribution is -0.139. The highest BCUT2D eigenvalue weighted by molar-refractivity contribution is 5.73. The minimum atomic E-state index is -4.35. The van der Waals surface area contributed by atoms with Crippen molar-refractivity contribution in [3.05, 3.63) is 35.4 Å². The van der Waals surface area contributed by atoms with Crippen LogP contribution in [0.1, 0.15) is 43.7 Å². The molecule has 0 aliphatic heterocycles. The molecule has 6 heteroatoms. The second-order valence-corrected chi connectivity index (χ2v) is 5.26. The van der Waals surface area contributed by atoms with Crippen molar-refractivity contribution in [1.29, 1.82) is 0 Å². The van der Waals surface area contributed by atoms with Crippen LogP contribution in [0.15, 0.2) is 24.3 Å². The van der Waals surface area contributed by atoms with Crippen LogP contribution in [0.25, 0.3) is 0 Å². The topological polar surface area (TPSA) is 63.3 Å². The van der Waals surface area contributed by atoms with Gasteiger partial charge in [0.1, 0.15) is 6.04 Å². The van der Waals surface area contributed by atoms with E-state index in [2.05, 4.69) is 0 Å². The molecule has 3 nitrogen and oxygen atoms in total. The Kier molecular flexibility index (Phi) is 5.78. The largest absolute Gasteiger partial charge is 0.480 e. The first-order chi connectivity index (χ1) is 9.66. The maximum absolute atomic E-state index is 12.5. The molecule has 0 radical (unpaired) electrons. The molecular formula is C15H20F3NO2. The Morgan fingerprint density at radius 3 is 2.19 bits per heavy atom. The van der Waals surface area contributed by atoms with Crippen molar-refractivity contribution in [2.75, 3.05) is 0 Å². The zero-order chi connectivity index (χ0) is 16.2. The van der Waals surface area contributed by atoms with Crippen LogP contribution in [0, 0.1) is 5.92 Å². The van der Waals surface area contributed by atoms with Crippen molar-refractivity contribution in [3.63, 3.8) is 0 Å². The summed E-state index contributed by atoms with van der Waals surface area (Å²) in [5.74, 6) is -1.11. The van der Waals surface area contributed by atoms with Crippen molar-refractivity contribution < 1.29 is 23.1 Å². The van der Waals surface area contributed by atoms with E-state index in [0.717, 1.165) is 17.7 Å². The lowest BCUT2D eigenvalue weighted by Crippen LogP contribution is -2.33. The Labute approximate surface area is 122 Å². The number of carboxylic acid groups (broad SMARTS) is 1. The molecule has 0 aromatic heterocycles. The molecule has 1 aromatic carbocycles. The Morgan fingerprint density at radius 2 is 1.81 bits per heavy atom. The molecular weight excluding hydrogens is 283 g/mol. The minimum absolute atomic E-state index is 0.00726. The summed E-state index contributed by atoms with van der Waals surface area (Å²) in [6.07, 6.45) is -3.34. The predicted octanol–water partition coefficient (Wildman–Crippen LogP) is 3.64. The number of carbonyl (C=O) groups is 1. The number of hydrogen-bond donors (Lipinski definition) is 2. The summed E-state index contributed by atoms with van der Waals surface area (Å²) in [5, 5.41) is 8.85. The third kappa shape index (κ3) is 4.74. The standard InChI is InChI=1S/C15H20F3NO2/c1-3-10(8-13(19)14(20)21)9(2)11-4-6-12(7-5-11)15(16,17)18/h4-7,9-10,13H,3,8,19H2,1-2H3,(H,20,21). The number of hydrogen-bond acceptors (Lipinski definition) is 2. The molecule has 0 bridgehead atoms. The van der Waals surface area contributed by atoms with E-state index in [4.69, 9.17) is 10.8 Å². The molecule has 0 aliphatic rings. The monoisotopic (exact) mass is 303 g/mol. The molecule has 1 aromatic rings. The summed E-state index contributed by atoms with van der Waals surface area (Å²) in [7, 11) is 0. The van der Waals surface area contributed by atoms with E-state index in [1.807, 2.05) is 13.8 Å². The maximum Gasteiger partial charge on any atom is 0.416 e. The van der Waals surface area contributed by atoms with Gasteiger partial charge in [-0.25, -0.2) is 0 Å². The molecule has 0 saturated heterocycles. The highest BCUT2D eigenvalue weighted by Gasteiger charge is 2.30. The fourth-order valence-corrected chi connectivity index (χ4v) is 2.40. The number of rotatable bonds is 6. The molecule has 0 saturated carbocycles. The summed E-state index contributed by atoms with van der Waals surface area (Å²) in [6, 6.07) is 4.04. The number of nitrogens with two attached hydrogens (primary N) is 1. The van der Waals surface area contributed by atoms with E-state index in [1.54, 1.807) is 0 Å². The van der Waals surface area contributed by atoms with E-state index >= 15 is 0 Å². The summed E-state index contributed by atoms with van der Waals surface area (Å²) in [6.45, 7) is 3.80. The first-order valence-corrected chi connectivity index (χ1v) is 6.82. The van der Waals surface area contributed by atoms with Gasteiger partial charge in [0, 0.05) is 0 Å². The maximum atomic E-state index is 12.5. The van der Waals surface area contributed by atoms with Gasteiger partial charge in [0.25, 0.3) is 0 Å². The van der Waals surface area contributed by atoms with Gasteiger partial charge < -0.3 is 10.8 Å². The first kappa shape index (κ1) is 17.5. The van der Waals surface area contributed by atoms with Crippen LogP contribution in [0.3, 0.4) is 0 Å². The smallest absolute Gasteiger partial charge is 0.416 e. The van der Waals surface area contributed by atoms with Crippen LogP contribution in [0.5, 0.6) is 0 Å². The van der Waals surface area contributed by atoms with Crippen molar-refractivity contribution in [2.45, 2.75) is 44.8 Å². The Morgan fingerprint density at radius 1 is 1.29 bits per heavy atom. The second kappa shape index (κ2) is 6.93. The highest BCUT2D eigenvalue weighted by Crippen LogP contribution is 2.33. The summed E-state index contributed by atoms with van der Waals surface area (Å²) >= 11 is 0. The Hall–Kier alpha value is -1.56. The van der Waals surface area contributed by atoms with E-state index in [-0.39, 0.29) is 11.8 Å². The first-order valence-electron chi connectivity index (χ1n) is 6.82. The summed E-state index contributed by atoms with van der Waals surface area (Å²) < 4.78 is 37.6. The van der Waals surface area contributed by atoms with Crippen LogP contribution in [0.2, 0.25) is 0 Å². The molecule has 118 valence electrons. The lowest BCUT2D eigenvalue weighted by Gasteiger charge is -2.25. The summed E-state index contributed by atoms with van der Waals surface area (Å²) in [4.78, 5) is 10.8. The molecule has 3 unspecified atom stereocenters. The zero-order valence-electron chi connectivity index (χ0n) is 12.0. The Bertz CT molecular complexity index is 471. The van der Waals surface area contributed by atoms with Crippen LogP contribution in [-0.2, 0) is 11.0 Å². The van der Waals surface area contributed by atoms with Gasteiger partial charge in [-0.1, -0.05) is 32.4 Å². The van der Waals surface area contributed by atoms with Gasteiger partial charge in [0.15, 0.2) is 0 Å². The SMILES string of the molecule is CCC(CC(N)C(=O)O)C(C)c1ccc(C(F)(F)F)cc1.